The van der Waals surface area contributed by atoms with Crippen LogP contribution in [0.25, 0.3) is 11.1 Å². The van der Waals surface area contributed by atoms with E-state index in [0.717, 1.165) is 39.3 Å². The van der Waals surface area contributed by atoms with Gasteiger partial charge in [-0.1, -0.05) is 36.4 Å². The van der Waals surface area contributed by atoms with E-state index in [1.54, 1.807) is 17.8 Å². The first-order chi connectivity index (χ1) is 14.1. The van der Waals surface area contributed by atoms with Gasteiger partial charge < -0.3 is 4.74 Å². The number of hydrogen-bond donors (Lipinski definition) is 0. The van der Waals surface area contributed by atoms with Crippen molar-refractivity contribution < 1.29 is 22.7 Å². The van der Waals surface area contributed by atoms with Gasteiger partial charge in [0.1, 0.15) is 5.75 Å². The SMILES string of the molecule is CC(=O)Oc1ccc(SC(C)c2ccc(-c3ccc(C(F)(F)F)cc3)cc2)cc1C. The highest BCUT2D eigenvalue weighted by atomic mass is 32.2. The van der Waals surface area contributed by atoms with E-state index in [9.17, 15) is 18.0 Å². The van der Waals surface area contributed by atoms with Crippen molar-refractivity contribution in [1.82, 2.24) is 0 Å². The second kappa shape index (κ2) is 8.96. The summed E-state index contributed by atoms with van der Waals surface area (Å²) in [7, 11) is 0. The smallest absolute Gasteiger partial charge is 0.416 e. The normalized spacial score (nSPS) is 12.5. The number of halogens is 3. The molecule has 0 bridgehead atoms. The maximum atomic E-state index is 12.7. The summed E-state index contributed by atoms with van der Waals surface area (Å²) in [6.45, 7) is 5.36. The van der Waals surface area contributed by atoms with Crippen molar-refractivity contribution in [1.29, 1.82) is 0 Å². The molecule has 0 aromatic heterocycles. The van der Waals surface area contributed by atoms with Gasteiger partial charge in [-0.2, -0.15) is 13.2 Å². The molecule has 3 aromatic rings. The minimum atomic E-state index is -4.33. The molecule has 0 fully saturated rings. The van der Waals surface area contributed by atoms with Crippen LogP contribution in [-0.2, 0) is 11.0 Å². The summed E-state index contributed by atoms with van der Waals surface area (Å²) < 4.78 is 43.3. The maximum absolute atomic E-state index is 12.7. The molecule has 6 heteroatoms. The van der Waals surface area contributed by atoms with Crippen molar-refractivity contribution >= 4 is 17.7 Å². The molecule has 1 atom stereocenters. The Bertz CT molecular complexity index is 1030. The van der Waals surface area contributed by atoms with Gasteiger partial charge >= 0.3 is 12.1 Å². The van der Waals surface area contributed by atoms with Gasteiger partial charge in [-0.05, 0) is 66.4 Å². The highest BCUT2D eigenvalue weighted by Crippen LogP contribution is 2.37. The van der Waals surface area contributed by atoms with Gasteiger partial charge in [0, 0.05) is 17.1 Å². The second-order valence-corrected chi connectivity index (χ2v) is 8.39. The lowest BCUT2D eigenvalue weighted by Crippen LogP contribution is -2.03. The molecule has 0 saturated heterocycles. The number of rotatable bonds is 5. The lowest BCUT2D eigenvalue weighted by molar-refractivity contribution is -0.137. The van der Waals surface area contributed by atoms with Gasteiger partial charge in [0.05, 0.1) is 5.56 Å². The van der Waals surface area contributed by atoms with Crippen LogP contribution in [0.2, 0.25) is 0 Å². The van der Waals surface area contributed by atoms with E-state index >= 15 is 0 Å². The van der Waals surface area contributed by atoms with Crippen LogP contribution in [0.15, 0.2) is 71.6 Å². The van der Waals surface area contributed by atoms with E-state index in [2.05, 4.69) is 6.92 Å². The summed E-state index contributed by atoms with van der Waals surface area (Å²) in [6.07, 6.45) is -4.33. The van der Waals surface area contributed by atoms with Gasteiger partial charge in [-0.25, -0.2) is 0 Å². The lowest BCUT2D eigenvalue weighted by Gasteiger charge is -2.14. The summed E-state index contributed by atoms with van der Waals surface area (Å²) in [4.78, 5) is 12.2. The molecule has 156 valence electrons. The van der Waals surface area contributed by atoms with Gasteiger partial charge in [0.25, 0.3) is 0 Å². The molecule has 0 aliphatic carbocycles. The molecular weight excluding hydrogens is 409 g/mol. The number of carbonyl (C=O) groups is 1. The fraction of sp³-hybridized carbons (Fsp3) is 0.208. The van der Waals surface area contributed by atoms with Crippen LogP contribution in [-0.4, -0.2) is 5.97 Å². The quantitative estimate of drug-likeness (QED) is 0.239. The molecule has 0 aliphatic heterocycles. The Balaban J connectivity index is 1.70. The minimum Gasteiger partial charge on any atom is -0.426 e. The zero-order chi connectivity index (χ0) is 21.9. The number of benzene rings is 3. The predicted molar refractivity (Wildman–Crippen MR) is 114 cm³/mol. The van der Waals surface area contributed by atoms with Crippen molar-refractivity contribution in [2.45, 2.75) is 37.1 Å². The maximum Gasteiger partial charge on any atom is 0.416 e. The van der Waals surface area contributed by atoms with E-state index in [1.165, 1.54) is 19.1 Å². The number of hydrogen-bond acceptors (Lipinski definition) is 3. The largest absolute Gasteiger partial charge is 0.426 e. The highest BCUT2D eigenvalue weighted by Gasteiger charge is 2.29. The predicted octanol–water partition coefficient (Wildman–Crippen LogP) is 7.46. The third kappa shape index (κ3) is 5.45. The number of aryl methyl sites for hydroxylation is 1. The average molecular weight is 430 g/mol. The summed E-state index contributed by atoms with van der Waals surface area (Å²) >= 11 is 1.68. The summed E-state index contributed by atoms with van der Waals surface area (Å²) in [5.41, 5.74) is 2.96. The van der Waals surface area contributed by atoms with Crippen molar-refractivity contribution in [3.05, 3.63) is 83.4 Å². The van der Waals surface area contributed by atoms with E-state index in [4.69, 9.17) is 4.74 Å². The molecule has 0 spiro atoms. The van der Waals surface area contributed by atoms with E-state index in [1.807, 2.05) is 43.3 Å². The first-order valence-electron chi connectivity index (χ1n) is 9.37. The fourth-order valence-electron chi connectivity index (χ4n) is 3.03. The molecule has 0 amide bonds. The van der Waals surface area contributed by atoms with Crippen LogP contribution in [0.5, 0.6) is 5.75 Å². The second-order valence-electron chi connectivity index (χ2n) is 6.98. The monoisotopic (exact) mass is 430 g/mol. The highest BCUT2D eigenvalue weighted by molar-refractivity contribution is 7.99. The molecule has 0 saturated carbocycles. The van der Waals surface area contributed by atoms with Crippen molar-refractivity contribution in [2.24, 2.45) is 0 Å². The standard InChI is InChI=1S/C24H21F3O2S/c1-15-14-22(12-13-23(15)29-17(3)28)30-16(2)18-4-6-19(7-5-18)20-8-10-21(11-9-20)24(25,26)27/h4-14,16H,1-3H3. The average Bonchev–Trinajstić information content (AvgIpc) is 2.69. The molecule has 30 heavy (non-hydrogen) atoms. The first kappa shape index (κ1) is 22.0. The van der Waals surface area contributed by atoms with Gasteiger partial charge in [-0.15, -0.1) is 11.8 Å². The van der Waals surface area contributed by atoms with Crippen molar-refractivity contribution in [3.8, 4) is 16.9 Å². The molecule has 1 unspecified atom stereocenters. The Morgan fingerprint density at radius 1 is 0.933 bits per heavy atom. The Morgan fingerprint density at radius 2 is 1.50 bits per heavy atom. The van der Waals surface area contributed by atoms with Crippen LogP contribution in [0.3, 0.4) is 0 Å². The summed E-state index contributed by atoms with van der Waals surface area (Å²) in [6, 6.07) is 18.7. The van der Waals surface area contributed by atoms with E-state index in [-0.39, 0.29) is 11.2 Å². The molecular formula is C24H21F3O2S. The topological polar surface area (TPSA) is 26.3 Å². The van der Waals surface area contributed by atoms with Gasteiger partial charge in [0.2, 0.25) is 0 Å². The third-order valence-corrected chi connectivity index (χ3v) is 5.79. The zero-order valence-electron chi connectivity index (χ0n) is 16.8. The molecule has 0 radical (unpaired) electrons. The van der Waals surface area contributed by atoms with Crippen molar-refractivity contribution in [3.63, 3.8) is 0 Å². The van der Waals surface area contributed by atoms with Crippen LogP contribution >= 0.6 is 11.8 Å². The Morgan fingerprint density at radius 3 is 2.00 bits per heavy atom. The Kier molecular flexibility index (Phi) is 6.56. The van der Waals surface area contributed by atoms with Crippen LogP contribution in [0.1, 0.15) is 35.8 Å². The number of thioether (sulfide) groups is 1. The Hall–Kier alpha value is -2.73. The number of esters is 1. The molecule has 0 N–H and O–H groups in total. The summed E-state index contributed by atoms with van der Waals surface area (Å²) in [5.74, 6) is 0.209. The number of carbonyl (C=O) groups excluding carboxylic acids is 1. The Labute approximate surface area is 178 Å². The molecule has 3 aromatic carbocycles. The number of alkyl halides is 3. The molecule has 3 rings (SSSR count). The van der Waals surface area contributed by atoms with Crippen LogP contribution < -0.4 is 4.74 Å². The fourth-order valence-corrected chi connectivity index (χ4v) is 4.13. The lowest BCUT2D eigenvalue weighted by atomic mass is 10.0. The minimum absolute atomic E-state index is 0.172. The van der Waals surface area contributed by atoms with Gasteiger partial charge in [0.15, 0.2) is 0 Å². The van der Waals surface area contributed by atoms with Crippen LogP contribution in [0.4, 0.5) is 13.2 Å². The van der Waals surface area contributed by atoms with E-state index in [0.29, 0.717) is 5.75 Å². The molecule has 0 heterocycles. The number of ether oxygens (including phenoxy) is 1. The van der Waals surface area contributed by atoms with E-state index < -0.39 is 11.7 Å². The summed E-state index contributed by atoms with van der Waals surface area (Å²) in [5, 5.41) is 0.172. The zero-order valence-corrected chi connectivity index (χ0v) is 17.6. The molecule has 2 nitrogen and oxygen atoms in total. The van der Waals surface area contributed by atoms with Crippen molar-refractivity contribution in [2.75, 3.05) is 0 Å². The molecule has 0 aliphatic rings. The first-order valence-corrected chi connectivity index (χ1v) is 10.2. The third-order valence-electron chi connectivity index (χ3n) is 4.64. The van der Waals surface area contributed by atoms with Gasteiger partial charge in [-0.3, -0.25) is 4.79 Å². The van der Waals surface area contributed by atoms with Crippen LogP contribution in [0, 0.1) is 6.92 Å².